The molecule has 0 radical (unpaired) electrons. The van der Waals surface area contributed by atoms with Gasteiger partial charge in [0.2, 0.25) is 0 Å². The van der Waals surface area contributed by atoms with Gasteiger partial charge in [-0.05, 0) is 74.1 Å². The molecule has 0 spiro atoms. The highest BCUT2D eigenvalue weighted by Gasteiger charge is 2.17. The van der Waals surface area contributed by atoms with E-state index in [4.69, 9.17) is 4.74 Å². The third-order valence-electron chi connectivity index (χ3n) is 5.34. The fourth-order valence-corrected chi connectivity index (χ4v) is 3.69. The van der Waals surface area contributed by atoms with Crippen LogP contribution >= 0.6 is 0 Å². The third-order valence-corrected chi connectivity index (χ3v) is 5.34. The van der Waals surface area contributed by atoms with Gasteiger partial charge in [0.25, 0.3) is 5.91 Å². The summed E-state index contributed by atoms with van der Waals surface area (Å²) in [5.41, 5.74) is 3.90. The van der Waals surface area contributed by atoms with Crippen molar-refractivity contribution in [3.05, 3.63) is 71.8 Å². The number of benzene rings is 2. The second-order valence-electron chi connectivity index (χ2n) is 8.25. The Morgan fingerprint density at radius 1 is 1.28 bits per heavy atom. The predicted molar refractivity (Wildman–Crippen MR) is 120 cm³/mol. The van der Waals surface area contributed by atoms with E-state index < -0.39 is 0 Å². The van der Waals surface area contributed by atoms with Gasteiger partial charge in [-0.15, -0.1) is 0 Å². The summed E-state index contributed by atoms with van der Waals surface area (Å²) in [5.74, 6) is 1.32. The van der Waals surface area contributed by atoms with Gasteiger partial charge in [0, 0.05) is 24.3 Å². The number of anilines is 1. The van der Waals surface area contributed by atoms with Crippen molar-refractivity contribution in [2.45, 2.75) is 39.7 Å². The van der Waals surface area contributed by atoms with E-state index >= 15 is 0 Å². The zero-order valence-electron chi connectivity index (χ0n) is 17.8. The fraction of sp³-hybridized carbons (Fsp3) is 0.400. The van der Waals surface area contributed by atoms with Gasteiger partial charge in [0.15, 0.2) is 0 Å². The van der Waals surface area contributed by atoms with E-state index in [0.717, 1.165) is 30.1 Å². The van der Waals surface area contributed by atoms with E-state index in [1.807, 2.05) is 26.0 Å². The number of carbonyl (C=O) groups excluding carboxylic acids is 1. The van der Waals surface area contributed by atoms with Crippen molar-refractivity contribution in [3.63, 3.8) is 0 Å². The Morgan fingerprint density at radius 2 is 2.03 bits per heavy atom. The predicted octanol–water partition coefficient (Wildman–Crippen LogP) is 5.37. The maximum atomic E-state index is 12.7. The first kappa shape index (κ1) is 21.0. The molecule has 0 unspecified atom stereocenters. The fourth-order valence-electron chi connectivity index (χ4n) is 3.69. The molecule has 1 aliphatic rings. The SMILES string of the molecule is C=C(C)COc1cccc(C(=O)N[C@@H](C)c2ccc(N3CCC[C@@H](C)C3)cc2)c1. The quantitative estimate of drug-likeness (QED) is 0.644. The number of ether oxygens (including phenoxy) is 1. The first-order valence-electron chi connectivity index (χ1n) is 10.5. The van der Waals surface area contributed by atoms with Gasteiger partial charge in [-0.25, -0.2) is 0 Å². The number of rotatable bonds is 7. The van der Waals surface area contributed by atoms with Gasteiger partial charge in [-0.3, -0.25) is 4.79 Å². The molecule has 2 aromatic rings. The molecule has 3 rings (SSSR count). The summed E-state index contributed by atoms with van der Waals surface area (Å²) < 4.78 is 5.64. The summed E-state index contributed by atoms with van der Waals surface area (Å²) in [5, 5.41) is 3.08. The third kappa shape index (κ3) is 5.86. The van der Waals surface area contributed by atoms with E-state index in [1.54, 1.807) is 12.1 Å². The number of hydrogen-bond donors (Lipinski definition) is 1. The molecule has 154 valence electrons. The Labute approximate surface area is 174 Å². The smallest absolute Gasteiger partial charge is 0.251 e. The van der Waals surface area contributed by atoms with Gasteiger partial charge >= 0.3 is 0 Å². The lowest BCUT2D eigenvalue weighted by Gasteiger charge is -2.33. The largest absolute Gasteiger partial charge is 0.489 e. The molecule has 0 aliphatic carbocycles. The summed E-state index contributed by atoms with van der Waals surface area (Å²) in [6.07, 6.45) is 2.57. The molecular formula is C25H32N2O2. The minimum Gasteiger partial charge on any atom is -0.489 e. The second-order valence-corrected chi connectivity index (χ2v) is 8.25. The Balaban J connectivity index is 1.61. The number of amides is 1. The van der Waals surface area contributed by atoms with Crippen LogP contribution in [0.15, 0.2) is 60.7 Å². The Bertz CT molecular complexity index is 844. The van der Waals surface area contributed by atoms with Crippen LogP contribution in [0.5, 0.6) is 5.75 Å². The number of carbonyl (C=O) groups is 1. The van der Waals surface area contributed by atoms with Crippen LogP contribution in [0.2, 0.25) is 0 Å². The average Bonchev–Trinajstić information content (AvgIpc) is 2.72. The number of nitrogens with one attached hydrogen (secondary N) is 1. The van der Waals surface area contributed by atoms with Crippen molar-refractivity contribution >= 4 is 11.6 Å². The van der Waals surface area contributed by atoms with E-state index in [0.29, 0.717) is 17.9 Å². The molecular weight excluding hydrogens is 360 g/mol. The second kappa shape index (κ2) is 9.64. The molecule has 2 aromatic carbocycles. The van der Waals surface area contributed by atoms with Crippen molar-refractivity contribution in [2.24, 2.45) is 5.92 Å². The highest BCUT2D eigenvalue weighted by Crippen LogP contribution is 2.25. The Hall–Kier alpha value is -2.75. The van der Waals surface area contributed by atoms with Crippen LogP contribution in [0.4, 0.5) is 5.69 Å². The van der Waals surface area contributed by atoms with Gasteiger partial charge < -0.3 is 15.0 Å². The molecule has 1 saturated heterocycles. The molecule has 2 atom stereocenters. The number of nitrogens with zero attached hydrogens (tertiary/aromatic N) is 1. The van der Waals surface area contributed by atoms with Gasteiger partial charge in [0.05, 0.1) is 6.04 Å². The van der Waals surface area contributed by atoms with Crippen LogP contribution < -0.4 is 15.0 Å². The first-order valence-corrected chi connectivity index (χ1v) is 10.5. The van der Waals surface area contributed by atoms with Crippen LogP contribution in [-0.4, -0.2) is 25.6 Å². The van der Waals surface area contributed by atoms with Crippen molar-refractivity contribution in [3.8, 4) is 5.75 Å². The van der Waals surface area contributed by atoms with Crippen molar-refractivity contribution < 1.29 is 9.53 Å². The maximum absolute atomic E-state index is 12.7. The summed E-state index contributed by atoms with van der Waals surface area (Å²) in [7, 11) is 0. The van der Waals surface area contributed by atoms with Crippen molar-refractivity contribution in [2.75, 3.05) is 24.6 Å². The van der Waals surface area contributed by atoms with Gasteiger partial charge in [-0.1, -0.05) is 31.7 Å². The Kier molecular flexibility index (Phi) is 6.97. The molecule has 1 N–H and O–H groups in total. The molecule has 1 aliphatic heterocycles. The summed E-state index contributed by atoms with van der Waals surface area (Å²) in [6, 6.07) is 15.8. The summed E-state index contributed by atoms with van der Waals surface area (Å²) in [4.78, 5) is 15.1. The zero-order valence-corrected chi connectivity index (χ0v) is 17.8. The zero-order chi connectivity index (χ0) is 20.8. The first-order chi connectivity index (χ1) is 13.9. The van der Waals surface area contributed by atoms with Gasteiger partial charge in [-0.2, -0.15) is 0 Å². The normalized spacial score (nSPS) is 17.5. The molecule has 4 heteroatoms. The lowest BCUT2D eigenvalue weighted by molar-refractivity contribution is 0.0939. The molecule has 29 heavy (non-hydrogen) atoms. The standard InChI is InChI=1S/C25H32N2O2/c1-18(2)17-29-24-9-5-8-22(15-24)25(28)26-20(4)21-10-12-23(13-11-21)27-14-6-7-19(3)16-27/h5,8-13,15,19-20H,1,6-7,14,16-17H2,2-4H3,(H,26,28)/t19-,20+/m1/s1. The monoisotopic (exact) mass is 392 g/mol. The summed E-state index contributed by atoms with van der Waals surface area (Å²) in [6.45, 7) is 12.8. The topological polar surface area (TPSA) is 41.6 Å². The van der Waals surface area contributed by atoms with Gasteiger partial charge in [0.1, 0.15) is 12.4 Å². The minimum absolute atomic E-state index is 0.0724. The number of piperidine rings is 1. The van der Waals surface area contributed by atoms with E-state index in [-0.39, 0.29) is 11.9 Å². The maximum Gasteiger partial charge on any atom is 0.251 e. The van der Waals surface area contributed by atoms with Crippen molar-refractivity contribution in [1.29, 1.82) is 0 Å². The van der Waals surface area contributed by atoms with Crippen LogP contribution in [-0.2, 0) is 0 Å². The molecule has 4 nitrogen and oxygen atoms in total. The lowest BCUT2D eigenvalue weighted by atomic mass is 9.99. The van der Waals surface area contributed by atoms with E-state index in [1.165, 1.54) is 18.5 Å². The van der Waals surface area contributed by atoms with Crippen LogP contribution in [0.1, 0.15) is 55.6 Å². The summed E-state index contributed by atoms with van der Waals surface area (Å²) >= 11 is 0. The molecule has 0 aromatic heterocycles. The molecule has 1 heterocycles. The van der Waals surface area contributed by atoms with Crippen molar-refractivity contribution in [1.82, 2.24) is 5.32 Å². The molecule has 0 bridgehead atoms. The molecule has 1 amide bonds. The van der Waals surface area contributed by atoms with Crippen LogP contribution in [0, 0.1) is 5.92 Å². The molecule has 0 saturated carbocycles. The van der Waals surface area contributed by atoms with E-state index in [9.17, 15) is 4.79 Å². The van der Waals surface area contributed by atoms with E-state index in [2.05, 4.69) is 48.0 Å². The highest BCUT2D eigenvalue weighted by atomic mass is 16.5. The highest BCUT2D eigenvalue weighted by molar-refractivity contribution is 5.94. The molecule has 1 fully saturated rings. The van der Waals surface area contributed by atoms with Crippen LogP contribution in [0.25, 0.3) is 0 Å². The Morgan fingerprint density at radius 3 is 2.72 bits per heavy atom. The lowest BCUT2D eigenvalue weighted by Crippen LogP contribution is -2.34. The van der Waals surface area contributed by atoms with Crippen LogP contribution in [0.3, 0.4) is 0 Å². The number of hydrogen-bond acceptors (Lipinski definition) is 3. The average molecular weight is 393 g/mol. The minimum atomic E-state index is -0.104.